The highest BCUT2D eigenvalue weighted by Gasteiger charge is 2.29. The lowest BCUT2D eigenvalue weighted by Crippen LogP contribution is -2.45. The molecule has 1 fully saturated rings. The molecular formula is C27H33N3O4. The van der Waals surface area contributed by atoms with E-state index >= 15 is 0 Å². The van der Waals surface area contributed by atoms with Gasteiger partial charge in [-0.05, 0) is 37.3 Å². The van der Waals surface area contributed by atoms with E-state index < -0.39 is 6.10 Å². The average Bonchev–Trinajstić information content (AvgIpc) is 3.14. The molecule has 180 valence electrons. The molecule has 4 rings (SSSR count). The van der Waals surface area contributed by atoms with Crippen LogP contribution in [0.3, 0.4) is 0 Å². The smallest absolute Gasteiger partial charge is 0.268 e. The standard InChI is InChI=1S/C27H33N3O4/c1-4-18-15-21-24(27(34)30(18)16-23(32)17-11-7-6-8-12-17)19(5-2)25(29(21)3)26(33)28-20-13-9-10-14-22(20)31/h6-8,11-12,15,20,22,31H,4-5,9-10,13-14,16H2,1-3H3,(H,28,33)/t20-,22-/m0/s1. The topological polar surface area (TPSA) is 93.3 Å². The van der Waals surface area contributed by atoms with Crippen LogP contribution in [-0.4, -0.2) is 38.1 Å². The fourth-order valence-electron chi connectivity index (χ4n) is 5.15. The Morgan fingerprint density at radius 3 is 2.44 bits per heavy atom. The summed E-state index contributed by atoms with van der Waals surface area (Å²) in [6.07, 6.45) is 3.88. The number of carbonyl (C=O) groups is 2. The third kappa shape index (κ3) is 4.32. The van der Waals surface area contributed by atoms with Crippen molar-refractivity contribution in [2.75, 3.05) is 0 Å². The first-order valence-corrected chi connectivity index (χ1v) is 12.2. The summed E-state index contributed by atoms with van der Waals surface area (Å²) in [5.41, 5.74) is 2.88. The van der Waals surface area contributed by atoms with Gasteiger partial charge in [0.15, 0.2) is 5.78 Å². The predicted octanol–water partition coefficient (Wildman–Crippen LogP) is 3.38. The van der Waals surface area contributed by atoms with Crippen LogP contribution in [0.4, 0.5) is 0 Å². The lowest BCUT2D eigenvalue weighted by Gasteiger charge is -2.28. The summed E-state index contributed by atoms with van der Waals surface area (Å²) in [6, 6.07) is 10.6. The molecule has 2 aromatic heterocycles. The largest absolute Gasteiger partial charge is 0.391 e. The van der Waals surface area contributed by atoms with Crippen LogP contribution in [0.15, 0.2) is 41.2 Å². The summed E-state index contributed by atoms with van der Waals surface area (Å²) in [5, 5.41) is 13.8. The highest BCUT2D eigenvalue weighted by molar-refractivity contribution is 6.02. The molecule has 0 unspecified atom stereocenters. The molecule has 0 radical (unpaired) electrons. The number of hydrogen-bond donors (Lipinski definition) is 2. The van der Waals surface area contributed by atoms with E-state index in [1.165, 1.54) is 0 Å². The highest BCUT2D eigenvalue weighted by atomic mass is 16.3. The number of hydrogen-bond acceptors (Lipinski definition) is 4. The predicted molar refractivity (Wildman–Crippen MR) is 132 cm³/mol. The number of nitrogens with one attached hydrogen (secondary N) is 1. The molecule has 1 aromatic carbocycles. The van der Waals surface area contributed by atoms with Crippen molar-refractivity contribution in [2.45, 2.75) is 71.1 Å². The lowest BCUT2D eigenvalue weighted by atomic mass is 9.92. The first kappa shape index (κ1) is 24.0. The molecular weight excluding hydrogens is 430 g/mol. The maximum Gasteiger partial charge on any atom is 0.268 e. The quantitative estimate of drug-likeness (QED) is 0.526. The van der Waals surface area contributed by atoms with Crippen LogP contribution >= 0.6 is 0 Å². The molecule has 7 heteroatoms. The number of nitrogens with zero attached hydrogens (tertiary/aromatic N) is 2. The van der Waals surface area contributed by atoms with Crippen LogP contribution in [0.5, 0.6) is 0 Å². The van der Waals surface area contributed by atoms with Gasteiger partial charge in [-0.25, -0.2) is 0 Å². The molecule has 0 aliphatic heterocycles. The van der Waals surface area contributed by atoms with Crippen molar-refractivity contribution >= 4 is 22.6 Å². The maximum atomic E-state index is 13.7. The van der Waals surface area contributed by atoms with Gasteiger partial charge in [-0.2, -0.15) is 0 Å². The van der Waals surface area contributed by atoms with E-state index in [2.05, 4.69) is 5.32 Å². The number of benzene rings is 1. The fourth-order valence-corrected chi connectivity index (χ4v) is 5.15. The van der Waals surface area contributed by atoms with Crippen molar-refractivity contribution in [1.29, 1.82) is 0 Å². The Labute approximate surface area is 199 Å². The van der Waals surface area contributed by atoms with Gasteiger partial charge in [-0.1, -0.05) is 57.0 Å². The maximum absolute atomic E-state index is 13.7. The number of aromatic nitrogens is 2. The van der Waals surface area contributed by atoms with E-state index in [9.17, 15) is 19.5 Å². The SMILES string of the molecule is CCc1c(C(=O)N[C@H]2CCCC[C@@H]2O)n(C)c2cc(CC)n(CC(=O)c3ccccc3)c(=O)c12. The second-order valence-electron chi connectivity index (χ2n) is 9.10. The molecule has 3 aromatic rings. The van der Waals surface area contributed by atoms with Crippen molar-refractivity contribution in [3.63, 3.8) is 0 Å². The number of aliphatic hydroxyl groups excluding tert-OH is 1. The van der Waals surface area contributed by atoms with Gasteiger partial charge < -0.3 is 19.6 Å². The Bertz CT molecular complexity index is 1270. The Morgan fingerprint density at radius 1 is 1.09 bits per heavy atom. The zero-order valence-corrected chi connectivity index (χ0v) is 20.1. The first-order valence-electron chi connectivity index (χ1n) is 12.2. The normalized spacial score (nSPS) is 18.2. The Hall–Kier alpha value is -3.19. The van der Waals surface area contributed by atoms with Crippen LogP contribution in [0.25, 0.3) is 10.9 Å². The molecule has 1 saturated carbocycles. The summed E-state index contributed by atoms with van der Waals surface area (Å²) in [7, 11) is 1.80. The number of carbonyl (C=O) groups excluding carboxylic acids is 2. The van der Waals surface area contributed by atoms with Crippen LogP contribution in [0.1, 0.15) is 71.6 Å². The van der Waals surface area contributed by atoms with Crippen LogP contribution < -0.4 is 10.9 Å². The van der Waals surface area contributed by atoms with E-state index in [4.69, 9.17) is 0 Å². The molecule has 0 spiro atoms. The molecule has 1 aliphatic rings. The molecule has 0 saturated heterocycles. The summed E-state index contributed by atoms with van der Waals surface area (Å²) >= 11 is 0. The van der Waals surface area contributed by atoms with Crippen molar-refractivity contribution in [3.05, 3.63) is 69.3 Å². The van der Waals surface area contributed by atoms with Gasteiger partial charge in [-0.3, -0.25) is 14.4 Å². The van der Waals surface area contributed by atoms with Gasteiger partial charge in [0.05, 0.1) is 29.6 Å². The summed E-state index contributed by atoms with van der Waals surface area (Å²) in [6.45, 7) is 3.83. The number of rotatable bonds is 7. The Kier molecular flexibility index (Phi) is 7.03. The summed E-state index contributed by atoms with van der Waals surface area (Å²) < 4.78 is 3.33. The van der Waals surface area contributed by atoms with Gasteiger partial charge >= 0.3 is 0 Å². The minimum absolute atomic E-state index is 0.0458. The van der Waals surface area contributed by atoms with Gasteiger partial charge in [0.2, 0.25) is 0 Å². The summed E-state index contributed by atoms with van der Waals surface area (Å²) in [5.74, 6) is -0.402. The van der Waals surface area contributed by atoms with Crippen molar-refractivity contribution in [3.8, 4) is 0 Å². The Balaban J connectivity index is 1.79. The average molecular weight is 464 g/mol. The van der Waals surface area contributed by atoms with Crippen LogP contribution in [0.2, 0.25) is 0 Å². The first-order chi connectivity index (χ1) is 16.4. The van der Waals surface area contributed by atoms with E-state index in [-0.39, 0.29) is 29.8 Å². The monoisotopic (exact) mass is 463 g/mol. The van der Waals surface area contributed by atoms with Crippen molar-refractivity contribution in [1.82, 2.24) is 14.5 Å². The molecule has 7 nitrogen and oxygen atoms in total. The molecule has 2 heterocycles. The van der Waals surface area contributed by atoms with E-state index in [1.807, 2.05) is 26.0 Å². The number of ketones is 1. The second-order valence-corrected chi connectivity index (χ2v) is 9.10. The van der Waals surface area contributed by atoms with Gasteiger partial charge in [0, 0.05) is 18.3 Å². The minimum Gasteiger partial charge on any atom is -0.391 e. The van der Waals surface area contributed by atoms with Crippen molar-refractivity contribution in [2.24, 2.45) is 7.05 Å². The molecule has 2 N–H and O–H groups in total. The van der Waals surface area contributed by atoms with E-state index in [1.54, 1.807) is 40.4 Å². The lowest BCUT2D eigenvalue weighted by molar-refractivity contribution is 0.0711. The number of pyridine rings is 1. The number of fused-ring (bicyclic) bond motifs is 1. The molecule has 34 heavy (non-hydrogen) atoms. The highest BCUT2D eigenvalue weighted by Crippen LogP contribution is 2.26. The third-order valence-electron chi connectivity index (χ3n) is 7.02. The van der Waals surface area contributed by atoms with E-state index in [0.29, 0.717) is 47.0 Å². The van der Waals surface area contributed by atoms with Gasteiger partial charge in [-0.15, -0.1) is 0 Å². The van der Waals surface area contributed by atoms with Crippen LogP contribution in [-0.2, 0) is 26.4 Å². The number of aryl methyl sites for hydroxylation is 3. The molecule has 0 bridgehead atoms. The van der Waals surface area contributed by atoms with Gasteiger partial charge in [0.1, 0.15) is 5.69 Å². The number of aliphatic hydroxyl groups is 1. The molecule has 2 atom stereocenters. The number of Topliss-reactive ketones (excluding diaryl/α,β-unsaturated/α-hetero) is 1. The Morgan fingerprint density at radius 2 is 1.79 bits per heavy atom. The summed E-state index contributed by atoms with van der Waals surface area (Å²) in [4.78, 5) is 40.0. The van der Waals surface area contributed by atoms with Crippen molar-refractivity contribution < 1.29 is 14.7 Å². The van der Waals surface area contributed by atoms with Crippen LogP contribution in [0, 0.1) is 0 Å². The van der Waals surface area contributed by atoms with E-state index in [0.717, 1.165) is 25.0 Å². The van der Waals surface area contributed by atoms with Gasteiger partial charge in [0.25, 0.3) is 11.5 Å². The zero-order chi connectivity index (χ0) is 24.4. The minimum atomic E-state index is -0.551. The fraction of sp³-hybridized carbons (Fsp3) is 0.444. The second kappa shape index (κ2) is 9.97. The molecule has 1 amide bonds. The zero-order valence-electron chi connectivity index (χ0n) is 20.1. The third-order valence-corrected chi connectivity index (χ3v) is 7.02. The number of amides is 1. The molecule has 1 aliphatic carbocycles.